The zero-order chi connectivity index (χ0) is 13.5. The fraction of sp³-hybridized carbons (Fsp3) is 0. The van der Waals surface area contributed by atoms with Crippen LogP contribution in [0.25, 0.3) is 33.2 Å². The van der Waals surface area contributed by atoms with Crippen molar-refractivity contribution >= 4 is 21.9 Å². The van der Waals surface area contributed by atoms with E-state index in [1.54, 1.807) is 12.1 Å². The maximum Gasteiger partial charge on any atom is 0.139 e. The Labute approximate surface area is 113 Å². The quantitative estimate of drug-likeness (QED) is 0.553. The van der Waals surface area contributed by atoms with Gasteiger partial charge >= 0.3 is 0 Å². The lowest BCUT2D eigenvalue weighted by atomic mass is 10.1. The number of aromatic nitrogens is 4. The summed E-state index contributed by atoms with van der Waals surface area (Å²) in [6.45, 7) is 0. The van der Waals surface area contributed by atoms with Crippen LogP contribution in [0.2, 0.25) is 0 Å². The monoisotopic (exact) mass is 262 g/mol. The van der Waals surface area contributed by atoms with Gasteiger partial charge in [-0.05, 0) is 30.3 Å². The summed E-state index contributed by atoms with van der Waals surface area (Å²) in [5.74, 6) is 0.228. The van der Waals surface area contributed by atoms with Gasteiger partial charge in [0.05, 0.1) is 5.52 Å². The summed E-state index contributed by atoms with van der Waals surface area (Å²) < 4.78 is 0. The molecule has 0 unspecified atom stereocenters. The summed E-state index contributed by atoms with van der Waals surface area (Å²) in [7, 11) is 0. The van der Waals surface area contributed by atoms with Crippen molar-refractivity contribution in [2.75, 3.05) is 0 Å². The molecule has 0 bridgehead atoms. The van der Waals surface area contributed by atoms with Crippen LogP contribution in [0.3, 0.4) is 0 Å². The van der Waals surface area contributed by atoms with E-state index in [4.69, 9.17) is 0 Å². The molecule has 0 amide bonds. The molecule has 2 aromatic carbocycles. The Balaban J connectivity index is 2.11. The van der Waals surface area contributed by atoms with E-state index in [2.05, 4.69) is 20.4 Å². The molecule has 0 spiro atoms. The number of nitrogens with zero attached hydrogens (tertiary/aromatic N) is 3. The van der Waals surface area contributed by atoms with Crippen LogP contribution < -0.4 is 0 Å². The second-order valence-corrected chi connectivity index (χ2v) is 4.55. The second kappa shape index (κ2) is 4.03. The average molecular weight is 262 g/mol. The Bertz CT molecular complexity index is 912. The van der Waals surface area contributed by atoms with Crippen molar-refractivity contribution in [1.29, 1.82) is 0 Å². The zero-order valence-corrected chi connectivity index (χ0v) is 10.4. The van der Waals surface area contributed by atoms with Gasteiger partial charge in [-0.3, -0.25) is 0 Å². The molecule has 5 nitrogen and oxygen atoms in total. The third kappa shape index (κ3) is 1.53. The Kier molecular flexibility index (Phi) is 2.20. The van der Waals surface area contributed by atoms with Crippen LogP contribution in [0.5, 0.6) is 5.75 Å². The van der Waals surface area contributed by atoms with Crippen molar-refractivity contribution in [3.05, 3.63) is 48.5 Å². The molecule has 20 heavy (non-hydrogen) atoms. The average Bonchev–Trinajstić information content (AvgIpc) is 2.97. The number of fused-ring (bicyclic) bond motifs is 3. The molecule has 0 radical (unpaired) electrons. The van der Waals surface area contributed by atoms with Crippen LogP contribution in [-0.4, -0.2) is 25.5 Å². The predicted octanol–water partition coefficient (Wildman–Crippen LogP) is 2.88. The van der Waals surface area contributed by atoms with E-state index in [0.29, 0.717) is 0 Å². The molecule has 0 saturated carbocycles. The minimum absolute atomic E-state index is 0.228. The van der Waals surface area contributed by atoms with Gasteiger partial charge in [0.15, 0.2) is 0 Å². The van der Waals surface area contributed by atoms with Gasteiger partial charge in [0.25, 0.3) is 0 Å². The first-order valence-electron chi connectivity index (χ1n) is 6.21. The standard InChI is InChI=1S/C15H10N4O/c20-10-7-5-9(6-8-10)13-15-14(17-19-18-15)11-3-1-2-4-12(11)16-13/h1-8,20H,(H,17,18,19). The number of rotatable bonds is 1. The molecular weight excluding hydrogens is 252 g/mol. The molecule has 0 atom stereocenters. The molecule has 0 saturated heterocycles. The molecule has 0 aliphatic carbocycles. The summed E-state index contributed by atoms with van der Waals surface area (Å²) >= 11 is 0. The Morgan fingerprint density at radius 1 is 0.850 bits per heavy atom. The van der Waals surface area contributed by atoms with E-state index < -0.39 is 0 Å². The lowest BCUT2D eigenvalue weighted by molar-refractivity contribution is 0.475. The third-order valence-corrected chi connectivity index (χ3v) is 3.30. The van der Waals surface area contributed by atoms with Crippen molar-refractivity contribution in [3.8, 4) is 17.0 Å². The van der Waals surface area contributed by atoms with Crippen LogP contribution in [-0.2, 0) is 0 Å². The number of aromatic hydroxyl groups is 1. The predicted molar refractivity (Wildman–Crippen MR) is 76.3 cm³/mol. The number of benzene rings is 2. The van der Waals surface area contributed by atoms with Crippen LogP contribution in [0.15, 0.2) is 48.5 Å². The SMILES string of the molecule is Oc1ccc(-c2nc3ccccc3c3n[nH]nc23)cc1. The summed E-state index contributed by atoms with van der Waals surface area (Å²) in [6, 6.07) is 14.7. The van der Waals surface area contributed by atoms with Gasteiger partial charge in [-0.15, -0.1) is 0 Å². The molecular formula is C15H10N4O. The van der Waals surface area contributed by atoms with E-state index in [0.717, 1.165) is 33.2 Å². The molecule has 2 N–H and O–H groups in total. The van der Waals surface area contributed by atoms with E-state index >= 15 is 0 Å². The Hall–Kier alpha value is -2.95. The molecule has 4 aromatic rings. The molecule has 0 aliphatic heterocycles. The number of pyridine rings is 1. The van der Waals surface area contributed by atoms with Gasteiger partial charge in [-0.1, -0.05) is 18.2 Å². The van der Waals surface area contributed by atoms with Crippen LogP contribution in [0, 0.1) is 0 Å². The number of para-hydroxylation sites is 1. The van der Waals surface area contributed by atoms with Gasteiger partial charge in [0, 0.05) is 10.9 Å². The Morgan fingerprint density at radius 2 is 1.60 bits per heavy atom. The topological polar surface area (TPSA) is 74.7 Å². The number of hydrogen-bond acceptors (Lipinski definition) is 4. The molecule has 4 rings (SSSR count). The van der Waals surface area contributed by atoms with Gasteiger partial charge in [-0.2, -0.15) is 15.4 Å². The number of aromatic amines is 1. The Morgan fingerprint density at radius 3 is 2.45 bits per heavy atom. The molecule has 2 heterocycles. The lowest BCUT2D eigenvalue weighted by Gasteiger charge is -2.04. The van der Waals surface area contributed by atoms with E-state index in [1.807, 2.05) is 36.4 Å². The van der Waals surface area contributed by atoms with E-state index in [1.165, 1.54) is 0 Å². The minimum Gasteiger partial charge on any atom is -0.508 e. The van der Waals surface area contributed by atoms with Crippen molar-refractivity contribution in [1.82, 2.24) is 20.4 Å². The van der Waals surface area contributed by atoms with E-state index in [9.17, 15) is 5.11 Å². The zero-order valence-electron chi connectivity index (χ0n) is 10.4. The molecule has 96 valence electrons. The van der Waals surface area contributed by atoms with Gasteiger partial charge in [0.2, 0.25) is 0 Å². The third-order valence-electron chi connectivity index (χ3n) is 3.30. The van der Waals surface area contributed by atoms with Crippen molar-refractivity contribution in [2.24, 2.45) is 0 Å². The first kappa shape index (κ1) is 10.9. The fourth-order valence-corrected chi connectivity index (χ4v) is 2.35. The molecule has 0 aliphatic rings. The number of phenolic OH excluding ortho intramolecular Hbond substituents is 1. The van der Waals surface area contributed by atoms with Crippen LogP contribution in [0.4, 0.5) is 0 Å². The number of nitrogens with one attached hydrogen (secondary N) is 1. The summed E-state index contributed by atoms with van der Waals surface area (Å²) in [5.41, 5.74) is 4.06. The number of H-pyrrole nitrogens is 1. The molecule has 5 heteroatoms. The number of phenols is 1. The normalized spacial score (nSPS) is 11.2. The van der Waals surface area contributed by atoms with Crippen molar-refractivity contribution in [2.45, 2.75) is 0 Å². The highest BCUT2D eigenvalue weighted by atomic mass is 16.3. The maximum atomic E-state index is 9.39. The summed E-state index contributed by atoms with van der Waals surface area (Å²) in [4.78, 5) is 4.67. The second-order valence-electron chi connectivity index (χ2n) is 4.55. The summed E-state index contributed by atoms with van der Waals surface area (Å²) in [6.07, 6.45) is 0. The first-order chi connectivity index (χ1) is 9.83. The highest BCUT2D eigenvalue weighted by molar-refractivity contribution is 6.06. The maximum absolute atomic E-state index is 9.39. The van der Waals surface area contributed by atoms with Gasteiger partial charge in [-0.25, -0.2) is 4.98 Å². The van der Waals surface area contributed by atoms with E-state index in [-0.39, 0.29) is 5.75 Å². The van der Waals surface area contributed by atoms with Gasteiger partial charge < -0.3 is 5.11 Å². The molecule has 2 aromatic heterocycles. The van der Waals surface area contributed by atoms with Gasteiger partial charge in [0.1, 0.15) is 22.5 Å². The first-order valence-corrected chi connectivity index (χ1v) is 6.21. The highest BCUT2D eigenvalue weighted by Gasteiger charge is 2.13. The lowest BCUT2D eigenvalue weighted by Crippen LogP contribution is -1.88. The smallest absolute Gasteiger partial charge is 0.139 e. The van der Waals surface area contributed by atoms with Crippen molar-refractivity contribution < 1.29 is 5.11 Å². The minimum atomic E-state index is 0.228. The van der Waals surface area contributed by atoms with Crippen molar-refractivity contribution in [3.63, 3.8) is 0 Å². The highest BCUT2D eigenvalue weighted by Crippen LogP contribution is 2.30. The summed E-state index contributed by atoms with van der Waals surface area (Å²) in [5, 5.41) is 21.5. The fourth-order valence-electron chi connectivity index (χ4n) is 2.35. The van der Waals surface area contributed by atoms with Crippen LogP contribution >= 0.6 is 0 Å². The van der Waals surface area contributed by atoms with Crippen LogP contribution in [0.1, 0.15) is 0 Å². The number of hydrogen-bond donors (Lipinski definition) is 2. The molecule has 0 fully saturated rings. The largest absolute Gasteiger partial charge is 0.508 e.